The van der Waals surface area contributed by atoms with Crippen LogP contribution in [-0.4, -0.2) is 0 Å². The van der Waals surface area contributed by atoms with E-state index in [1.165, 1.54) is 0 Å². The molecular formula is C42H27NO3. The number of nitrogens with zero attached hydrogens (tertiary/aromatic N) is 1. The van der Waals surface area contributed by atoms with Crippen molar-refractivity contribution in [2.75, 3.05) is 4.90 Å². The minimum atomic E-state index is 0.650. The zero-order chi connectivity index (χ0) is 30.5. The van der Waals surface area contributed by atoms with Crippen LogP contribution < -0.4 is 14.4 Å². The Labute approximate surface area is 266 Å². The molecule has 0 saturated carbocycles. The largest absolute Gasteiger partial charge is 0.456 e. The summed E-state index contributed by atoms with van der Waals surface area (Å²) in [7, 11) is 0. The number of benzene rings is 7. The molecule has 1 aliphatic heterocycles. The van der Waals surface area contributed by atoms with Crippen molar-refractivity contribution in [3.63, 3.8) is 0 Å². The van der Waals surface area contributed by atoms with Crippen LogP contribution in [0.3, 0.4) is 0 Å². The number of rotatable bonds is 5. The number of fused-ring (bicyclic) bond motifs is 5. The SMILES string of the molecule is c1ccc(-c2cc(-c3ccccc3)cc(N(c3ccc4c(c3)oc3ccccc34)c3cccc4c3Oc3ccccc3O4)c2)cc1. The van der Waals surface area contributed by atoms with E-state index in [0.29, 0.717) is 23.0 Å². The van der Waals surface area contributed by atoms with Crippen LogP contribution in [0.5, 0.6) is 23.0 Å². The number of anilines is 3. The normalized spacial score (nSPS) is 11.8. The number of furan rings is 1. The van der Waals surface area contributed by atoms with E-state index in [1.54, 1.807) is 0 Å². The fraction of sp³-hybridized carbons (Fsp3) is 0. The van der Waals surface area contributed by atoms with Crippen LogP contribution in [0.1, 0.15) is 0 Å². The van der Waals surface area contributed by atoms with Crippen molar-refractivity contribution in [3.8, 4) is 45.3 Å². The van der Waals surface area contributed by atoms with Crippen LogP contribution in [0.15, 0.2) is 168 Å². The number of ether oxygens (including phenoxy) is 2. The highest BCUT2D eigenvalue weighted by Crippen LogP contribution is 2.53. The van der Waals surface area contributed by atoms with E-state index in [4.69, 9.17) is 13.9 Å². The Morgan fingerprint density at radius 2 is 0.978 bits per heavy atom. The summed E-state index contributed by atoms with van der Waals surface area (Å²) >= 11 is 0. The van der Waals surface area contributed by atoms with Gasteiger partial charge in [-0.3, -0.25) is 0 Å². The molecule has 2 heterocycles. The van der Waals surface area contributed by atoms with Crippen molar-refractivity contribution in [2.24, 2.45) is 0 Å². The summed E-state index contributed by atoms with van der Waals surface area (Å²) in [6.45, 7) is 0. The zero-order valence-corrected chi connectivity index (χ0v) is 24.8. The van der Waals surface area contributed by atoms with Crippen LogP contribution in [0.4, 0.5) is 17.1 Å². The first-order chi connectivity index (χ1) is 22.8. The monoisotopic (exact) mass is 593 g/mol. The van der Waals surface area contributed by atoms with E-state index in [-0.39, 0.29) is 0 Å². The molecule has 9 rings (SSSR count). The fourth-order valence-corrected chi connectivity index (χ4v) is 6.33. The van der Waals surface area contributed by atoms with Gasteiger partial charge in [-0.25, -0.2) is 0 Å². The van der Waals surface area contributed by atoms with Gasteiger partial charge in [0.05, 0.1) is 11.4 Å². The van der Waals surface area contributed by atoms with Crippen LogP contribution in [0.25, 0.3) is 44.2 Å². The van der Waals surface area contributed by atoms with Gasteiger partial charge in [-0.05, 0) is 82.9 Å². The number of hydrogen-bond donors (Lipinski definition) is 0. The highest BCUT2D eigenvalue weighted by Gasteiger charge is 2.27. The van der Waals surface area contributed by atoms with E-state index in [1.807, 2.05) is 66.7 Å². The molecule has 0 spiro atoms. The molecule has 0 N–H and O–H groups in total. The molecular weight excluding hydrogens is 566 g/mol. The van der Waals surface area contributed by atoms with Gasteiger partial charge >= 0.3 is 0 Å². The standard InChI is InChI=1S/C42H27NO3/c1-3-12-28(13-4-1)30-24-31(29-14-5-2-6-15-29)26-33(25-30)43(32-22-23-35-34-16-7-8-18-37(34)44-41(35)27-32)36-17-11-21-40-42(36)46-39-20-10-9-19-38(39)45-40/h1-27H. The van der Waals surface area contributed by atoms with E-state index in [9.17, 15) is 0 Å². The Bertz CT molecular complexity index is 2320. The quantitative estimate of drug-likeness (QED) is 0.199. The molecule has 0 atom stereocenters. The van der Waals surface area contributed by atoms with Crippen molar-refractivity contribution >= 4 is 39.0 Å². The molecule has 0 bridgehead atoms. The Hall–Kier alpha value is -6.26. The lowest BCUT2D eigenvalue weighted by Gasteiger charge is -2.30. The number of para-hydroxylation sites is 4. The lowest BCUT2D eigenvalue weighted by Crippen LogP contribution is -2.13. The molecule has 4 nitrogen and oxygen atoms in total. The summed E-state index contributed by atoms with van der Waals surface area (Å²) in [5.41, 5.74) is 8.95. The Morgan fingerprint density at radius 1 is 0.370 bits per heavy atom. The smallest absolute Gasteiger partial charge is 0.194 e. The average Bonchev–Trinajstić information content (AvgIpc) is 3.50. The third kappa shape index (κ3) is 4.47. The first kappa shape index (κ1) is 26.2. The highest BCUT2D eigenvalue weighted by molar-refractivity contribution is 6.06. The van der Waals surface area contributed by atoms with Gasteiger partial charge in [0.25, 0.3) is 0 Å². The van der Waals surface area contributed by atoms with Crippen molar-refractivity contribution in [1.82, 2.24) is 0 Å². The second kappa shape index (κ2) is 10.7. The summed E-state index contributed by atoms with van der Waals surface area (Å²) < 4.78 is 19.4. The molecule has 0 unspecified atom stereocenters. The predicted molar refractivity (Wildman–Crippen MR) is 186 cm³/mol. The molecule has 0 radical (unpaired) electrons. The highest BCUT2D eigenvalue weighted by atomic mass is 16.6. The minimum absolute atomic E-state index is 0.650. The first-order valence-corrected chi connectivity index (χ1v) is 15.3. The van der Waals surface area contributed by atoms with E-state index in [2.05, 4.69) is 102 Å². The fourth-order valence-electron chi connectivity index (χ4n) is 6.33. The second-order valence-corrected chi connectivity index (χ2v) is 11.4. The van der Waals surface area contributed by atoms with Crippen LogP contribution in [-0.2, 0) is 0 Å². The lowest BCUT2D eigenvalue weighted by molar-refractivity contribution is 0.360. The molecule has 0 fully saturated rings. The third-order valence-electron chi connectivity index (χ3n) is 8.49. The van der Waals surface area contributed by atoms with Gasteiger partial charge in [-0.1, -0.05) is 97.1 Å². The third-order valence-corrected chi connectivity index (χ3v) is 8.49. The van der Waals surface area contributed by atoms with Crippen molar-refractivity contribution in [2.45, 2.75) is 0 Å². The van der Waals surface area contributed by atoms with Crippen molar-refractivity contribution < 1.29 is 13.9 Å². The van der Waals surface area contributed by atoms with Crippen LogP contribution >= 0.6 is 0 Å². The maximum absolute atomic E-state index is 6.61. The molecule has 0 saturated heterocycles. The Balaban J connectivity index is 1.30. The molecule has 4 heteroatoms. The van der Waals surface area contributed by atoms with Gasteiger partial charge in [0.2, 0.25) is 0 Å². The first-order valence-electron chi connectivity index (χ1n) is 15.3. The summed E-state index contributed by atoms with van der Waals surface area (Å²) in [4.78, 5) is 2.24. The molecule has 0 aliphatic carbocycles. The van der Waals surface area contributed by atoms with Crippen LogP contribution in [0.2, 0.25) is 0 Å². The van der Waals surface area contributed by atoms with Gasteiger partial charge in [0.15, 0.2) is 23.0 Å². The summed E-state index contributed by atoms with van der Waals surface area (Å²) in [5.74, 6) is 2.68. The lowest BCUT2D eigenvalue weighted by atomic mass is 9.97. The number of hydrogen-bond acceptors (Lipinski definition) is 4. The zero-order valence-electron chi connectivity index (χ0n) is 24.8. The van der Waals surface area contributed by atoms with Crippen molar-refractivity contribution in [1.29, 1.82) is 0 Å². The molecule has 218 valence electrons. The van der Waals surface area contributed by atoms with Crippen molar-refractivity contribution in [3.05, 3.63) is 164 Å². The average molecular weight is 594 g/mol. The molecule has 46 heavy (non-hydrogen) atoms. The summed E-state index contributed by atoms with van der Waals surface area (Å²) in [6.07, 6.45) is 0. The van der Waals surface area contributed by atoms with Gasteiger partial charge < -0.3 is 18.8 Å². The Kier molecular flexibility index (Phi) is 6.10. The van der Waals surface area contributed by atoms with Gasteiger partial charge in [0, 0.05) is 22.5 Å². The van der Waals surface area contributed by atoms with Gasteiger partial charge in [-0.2, -0.15) is 0 Å². The Morgan fingerprint density at radius 3 is 1.72 bits per heavy atom. The molecule has 1 aliphatic rings. The second-order valence-electron chi connectivity index (χ2n) is 11.4. The molecule has 7 aromatic carbocycles. The molecule has 0 amide bonds. The summed E-state index contributed by atoms with van der Waals surface area (Å²) in [6, 6.07) is 56.1. The molecule has 8 aromatic rings. The maximum atomic E-state index is 6.61. The van der Waals surface area contributed by atoms with Gasteiger partial charge in [-0.15, -0.1) is 0 Å². The summed E-state index contributed by atoms with van der Waals surface area (Å²) in [5, 5.41) is 2.17. The minimum Gasteiger partial charge on any atom is -0.456 e. The van der Waals surface area contributed by atoms with E-state index >= 15 is 0 Å². The predicted octanol–water partition coefficient (Wildman–Crippen LogP) is 12.3. The molecule has 1 aromatic heterocycles. The van der Waals surface area contributed by atoms with E-state index in [0.717, 1.165) is 61.3 Å². The van der Waals surface area contributed by atoms with Gasteiger partial charge in [0.1, 0.15) is 11.2 Å². The topological polar surface area (TPSA) is 34.8 Å². The van der Waals surface area contributed by atoms with E-state index < -0.39 is 0 Å². The maximum Gasteiger partial charge on any atom is 0.194 e. The van der Waals surface area contributed by atoms with Crippen LogP contribution in [0, 0.1) is 0 Å².